The summed E-state index contributed by atoms with van der Waals surface area (Å²) in [4.78, 5) is 29.2. The standard InChI is InChI=1S/C33H33ClFN3O4S/c1-24(2)36-33(40)31(21-25-13-5-3-6-14-25)37(22-26-15-9-11-19-29(26)35)32(39)23-38(30-20-12-10-18-28(30)34)43(41,42)27-16-7-4-8-17-27/h3-20,24,31H,21-23H2,1-2H3,(H,36,40). The van der Waals surface area contributed by atoms with Gasteiger partial charge < -0.3 is 10.2 Å². The third kappa shape index (κ3) is 8.00. The lowest BCUT2D eigenvalue weighted by molar-refractivity contribution is -0.140. The molecule has 0 heterocycles. The fraction of sp³-hybridized carbons (Fsp3) is 0.212. The second-order valence-corrected chi connectivity index (χ2v) is 12.5. The van der Waals surface area contributed by atoms with Crippen LogP contribution in [0.25, 0.3) is 0 Å². The molecule has 224 valence electrons. The molecular formula is C33H33ClFN3O4S. The molecule has 1 unspecified atom stereocenters. The third-order valence-electron chi connectivity index (χ3n) is 6.73. The van der Waals surface area contributed by atoms with Gasteiger partial charge in [-0.1, -0.05) is 90.5 Å². The molecule has 0 spiro atoms. The Morgan fingerprint density at radius 3 is 2.05 bits per heavy atom. The van der Waals surface area contributed by atoms with Crippen molar-refractivity contribution < 1.29 is 22.4 Å². The molecule has 0 aliphatic heterocycles. The monoisotopic (exact) mass is 621 g/mol. The van der Waals surface area contributed by atoms with Gasteiger partial charge >= 0.3 is 0 Å². The Labute approximate surface area is 257 Å². The van der Waals surface area contributed by atoms with Gasteiger partial charge in [0.05, 0.1) is 15.6 Å². The average Bonchev–Trinajstić information content (AvgIpc) is 2.99. The molecule has 4 aromatic carbocycles. The molecule has 0 aromatic heterocycles. The zero-order valence-corrected chi connectivity index (χ0v) is 25.4. The second-order valence-electron chi connectivity index (χ2n) is 10.3. The zero-order valence-electron chi connectivity index (χ0n) is 23.9. The topological polar surface area (TPSA) is 86.8 Å². The van der Waals surface area contributed by atoms with E-state index in [4.69, 9.17) is 11.6 Å². The molecule has 2 amide bonds. The first-order valence-electron chi connectivity index (χ1n) is 13.8. The molecule has 0 saturated heterocycles. The second kappa shape index (κ2) is 14.3. The lowest BCUT2D eigenvalue weighted by atomic mass is 10.0. The molecule has 0 radical (unpaired) electrons. The van der Waals surface area contributed by atoms with Crippen molar-refractivity contribution in [3.8, 4) is 0 Å². The van der Waals surface area contributed by atoms with Crippen LogP contribution in [0.4, 0.5) is 10.1 Å². The highest BCUT2D eigenvalue weighted by Crippen LogP contribution is 2.31. The van der Waals surface area contributed by atoms with Crippen molar-refractivity contribution >= 4 is 39.1 Å². The highest BCUT2D eigenvalue weighted by atomic mass is 35.5. The van der Waals surface area contributed by atoms with Crippen LogP contribution in [-0.2, 0) is 32.6 Å². The first-order valence-corrected chi connectivity index (χ1v) is 15.6. The summed E-state index contributed by atoms with van der Waals surface area (Å²) < 4.78 is 43.8. The molecule has 4 aromatic rings. The number of nitrogens with one attached hydrogen (secondary N) is 1. The van der Waals surface area contributed by atoms with Gasteiger partial charge in [0.15, 0.2) is 0 Å². The van der Waals surface area contributed by atoms with Gasteiger partial charge in [-0.25, -0.2) is 12.8 Å². The van der Waals surface area contributed by atoms with Gasteiger partial charge in [-0.05, 0) is 49.7 Å². The fourth-order valence-corrected chi connectivity index (χ4v) is 6.37. The van der Waals surface area contributed by atoms with Gasteiger partial charge in [0.25, 0.3) is 10.0 Å². The van der Waals surface area contributed by atoms with Crippen molar-refractivity contribution in [1.29, 1.82) is 0 Å². The number of halogens is 2. The Bertz CT molecular complexity index is 1650. The van der Waals surface area contributed by atoms with Gasteiger partial charge in [0.2, 0.25) is 11.8 Å². The number of anilines is 1. The van der Waals surface area contributed by atoms with E-state index in [2.05, 4.69) is 5.32 Å². The van der Waals surface area contributed by atoms with Crippen molar-refractivity contribution in [3.63, 3.8) is 0 Å². The van der Waals surface area contributed by atoms with E-state index in [1.807, 2.05) is 30.3 Å². The zero-order chi connectivity index (χ0) is 31.0. The summed E-state index contributed by atoms with van der Waals surface area (Å²) in [5.41, 5.74) is 1.05. The Hall–Kier alpha value is -4.21. The molecule has 43 heavy (non-hydrogen) atoms. The van der Waals surface area contributed by atoms with Gasteiger partial charge in [-0.2, -0.15) is 0 Å². The highest BCUT2D eigenvalue weighted by Gasteiger charge is 2.35. The number of para-hydroxylation sites is 1. The number of hydrogen-bond acceptors (Lipinski definition) is 4. The molecule has 0 aliphatic rings. The van der Waals surface area contributed by atoms with Crippen LogP contribution in [0.5, 0.6) is 0 Å². The summed E-state index contributed by atoms with van der Waals surface area (Å²) >= 11 is 6.46. The number of nitrogens with zero attached hydrogens (tertiary/aromatic N) is 2. The van der Waals surface area contributed by atoms with Gasteiger partial charge in [-0.15, -0.1) is 0 Å². The van der Waals surface area contributed by atoms with E-state index >= 15 is 0 Å². The molecular weight excluding hydrogens is 589 g/mol. The Kier molecular flexibility index (Phi) is 10.6. The predicted molar refractivity (Wildman–Crippen MR) is 167 cm³/mol. The third-order valence-corrected chi connectivity index (χ3v) is 8.83. The van der Waals surface area contributed by atoms with Crippen molar-refractivity contribution in [2.45, 2.75) is 43.8 Å². The van der Waals surface area contributed by atoms with Crippen LogP contribution < -0.4 is 9.62 Å². The van der Waals surface area contributed by atoms with Crippen molar-refractivity contribution in [3.05, 3.63) is 131 Å². The first-order chi connectivity index (χ1) is 20.6. The quantitative estimate of drug-likeness (QED) is 0.215. The number of sulfonamides is 1. The van der Waals surface area contributed by atoms with Crippen LogP contribution in [0.1, 0.15) is 25.0 Å². The highest BCUT2D eigenvalue weighted by molar-refractivity contribution is 7.92. The van der Waals surface area contributed by atoms with Crippen LogP contribution in [-0.4, -0.2) is 43.8 Å². The fourth-order valence-electron chi connectivity index (χ4n) is 4.63. The van der Waals surface area contributed by atoms with Gasteiger partial charge in [0.1, 0.15) is 18.4 Å². The van der Waals surface area contributed by atoms with Gasteiger partial charge in [-0.3, -0.25) is 13.9 Å². The molecule has 7 nitrogen and oxygen atoms in total. The number of carbonyl (C=O) groups excluding carboxylic acids is 2. The summed E-state index contributed by atoms with van der Waals surface area (Å²) in [6.45, 7) is 2.64. The van der Waals surface area contributed by atoms with E-state index < -0.39 is 40.2 Å². The smallest absolute Gasteiger partial charge is 0.264 e. The number of hydrogen-bond donors (Lipinski definition) is 1. The average molecular weight is 622 g/mol. The van der Waals surface area contributed by atoms with Crippen LogP contribution in [0.2, 0.25) is 5.02 Å². The first kappa shape index (κ1) is 31.7. The largest absolute Gasteiger partial charge is 0.352 e. The Morgan fingerprint density at radius 1 is 0.837 bits per heavy atom. The molecule has 10 heteroatoms. The Morgan fingerprint density at radius 2 is 1.42 bits per heavy atom. The van der Waals surface area contributed by atoms with Crippen LogP contribution in [0.15, 0.2) is 114 Å². The van der Waals surface area contributed by atoms with E-state index in [1.54, 1.807) is 50.2 Å². The summed E-state index contributed by atoms with van der Waals surface area (Å²) in [5, 5.41) is 2.99. The summed E-state index contributed by atoms with van der Waals surface area (Å²) in [7, 11) is -4.28. The molecule has 0 aliphatic carbocycles. The minimum atomic E-state index is -4.28. The summed E-state index contributed by atoms with van der Waals surface area (Å²) in [6, 6.07) is 27.8. The summed E-state index contributed by atoms with van der Waals surface area (Å²) in [6.07, 6.45) is 0.122. The number of benzene rings is 4. The lowest BCUT2D eigenvalue weighted by Crippen LogP contribution is -2.54. The van der Waals surface area contributed by atoms with Crippen molar-refractivity contribution in [1.82, 2.24) is 10.2 Å². The molecule has 4 rings (SSSR count). The number of amides is 2. The summed E-state index contributed by atoms with van der Waals surface area (Å²) in [5.74, 6) is -1.70. The van der Waals surface area contributed by atoms with Crippen molar-refractivity contribution in [2.24, 2.45) is 0 Å². The van der Waals surface area contributed by atoms with Gasteiger partial charge in [0, 0.05) is 24.6 Å². The van der Waals surface area contributed by atoms with E-state index in [1.165, 1.54) is 47.4 Å². The molecule has 1 N–H and O–H groups in total. The normalized spacial score (nSPS) is 12.0. The predicted octanol–water partition coefficient (Wildman–Crippen LogP) is 5.84. The minimum Gasteiger partial charge on any atom is -0.352 e. The molecule has 0 fully saturated rings. The van der Waals surface area contributed by atoms with E-state index in [0.29, 0.717) is 0 Å². The van der Waals surface area contributed by atoms with E-state index in [0.717, 1.165) is 9.87 Å². The number of carbonyl (C=O) groups is 2. The SMILES string of the molecule is CC(C)NC(=O)C(Cc1ccccc1)N(Cc1ccccc1F)C(=O)CN(c1ccccc1Cl)S(=O)(=O)c1ccccc1. The van der Waals surface area contributed by atoms with E-state index in [-0.39, 0.29) is 40.2 Å². The molecule has 1 atom stereocenters. The lowest BCUT2D eigenvalue weighted by Gasteiger charge is -2.34. The van der Waals surface area contributed by atoms with E-state index in [9.17, 15) is 22.4 Å². The van der Waals surface area contributed by atoms with Crippen LogP contribution >= 0.6 is 11.6 Å². The maximum Gasteiger partial charge on any atom is 0.264 e. The molecule has 0 bridgehead atoms. The minimum absolute atomic E-state index is 0.0400. The molecule has 0 saturated carbocycles. The van der Waals surface area contributed by atoms with Crippen molar-refractivity contribution in [2.75, 3.05) is 10.8 Å². The number of rotatable bonds is 12. The van der Waals surface area contributed by atoms with Crippen LogP contribution in [0, 0.1) is 5.82 Å². The van der Waals surface area contributed by atoms with Crippen LogP contribution in [0.3, 0.4) is 0 Å². The maximum absolute atomic E-state index is 14.9. The Balaban J connectivity index is 1.82. The maximum atomic E-state index is 14.9.